The third-order valence-electron chi connectivity index (χ3n) is 5.44. The minimum atomic E-state index is -0.397. The van der Waals surface area contributed by atoms with Crippen LogP contribution in [0.1, 0.15) is 56.7 Å². The van der Waals surface area contributed by atoms with Crippen LogP contribution in [0.4, 0.5) is 0 Å². The number of aromatic nitrogens is 1. The minimum Gasteiger partial charge on any atom is -0.459 e. The smallest absolute Gasteiger partial charge is 0.290 e. The fourth-order valence-electron chi connectivity index (χ4n) is 4.09. The molecule has 2 amide bonds. The molecule has 28 heavy (non-hydrogen) atoms. The van der Waals surface area contributed by atoms with Gasteiger partial charge >= 0.3 is 0 Å². The number of hydrogen-bond donors (Lipinski definition) is 0. The first-order valence-electron chi connectivity index (χ1n) is 9.37. The van der Waals surface area contributed by atoms with Crippen LogP contribution in [0.3, 0.4) is 0 Å². The molecule has 1 saturated heterocycles. The van der Waals surface area contributed by atoms with Crippen LogP contribution in [-0.2, 0) is 6.54 Å². The molecule has 0 aliphatic carbocycles. The van der Waals surface area contributed by atoms with Crippen molar-refractivity contribution in [3.8, 4) is 0 Å². The van der Waals surface area contributed by atoms with Crippen molar-refractivity contribution in [2.24, 2.45) is 0 Å². The molecule has 0 saturated carbocycles. The van der Waals surface area contributed by atoms with Gasteiger partial charge in [-0.1, -0.05) is 6.07 Å². The van der Waals surface area contributed by atoms with Gasteiger partial charge in [0.1, 0.15) is 6.04 Å². The molecule has 2 aliphatic rings. The van der Waals surface area contributed by atoms with E-state index in [0.717, 1.165) is 37.1 Å². The molecule has 5 rings (SSSR count). The number of carbonyl (C=O) groups excluding carboxylic acids is 2. The molecule has 4 heterocycles. The van der Waals surface area contributed by atoms with Gasteiger partial charge in [-0.2, -0.15) is 0 Å². The molecule has 1 fully saturated rings. The van der Waals surface area contributed by atoms with Crippen molar-refractivity contribution in [3.63, 3.8) is 0 Å². The SMILES string of the molecule is O=C(c1ccc2c(c1)CN(C(=O)c1ccco1)C2c1cnco1)N1CCCC1. The van der Waals surface area contributed by atoms with Gasteiger partial charge in [0.25, 0.3) is 11.8 Å². The first-order chi connectivity index (χ1) is 13.7. The molecule has 0 radical (unpaired) electrons. The van der Waals surface area contributed by atoms with E-state index in [1.54, 1.807) is 23.2 Å². The van der Waals surface area contributed by atoms with Crippen molar-refractivity contribution in [3.05, 3.63) is 77.4 Å². The molecular weight excluding hydrogens is 358 g/mol. The topological polar surface area (TPSA) is 79.8 Å². The Bertz CT molecular complexity index is 1000. The highest BCUT2D eigenvalue weighted by atomic mass is 16.3. The molecular formula is C21H19N3O4. The second-order valence-corrected chi connectivity index (χ2v) is 7.13. The lowest BCUT2D eigenvalue weighted by Crippen LogP contribution is -2.29. The van der Waals surface area contributed by atoms with E-state index in [4.69, 9.17) is 8.83 Å². The lowest BCUT2D eigenvalue weighted by molar-refractivity contribution is 0.0670. The van der Waals surface area contributed by atoms with Gasteiger partial charge in [-0.15, -0.1) is 0 Å². The Morgan fingerprint density at radius 3 is 2.64 bits per heavy atom. The summed E-state index contributed by atoms with van der Waals surface area (Å²) in [5.74, 6) is 0.672. The molecule has 7 nitrogen and oxygen atoms in total. The summed E-state index contributed by atoms with van der Waals surface area (Å²) < 4.78 is 10.8. The van der Waals surface area contributed by atoms with E-state index >= 15 is 0 Å². The van der Waals surface area contributed by atoms with Crippen molar-refractivity contribution in [1.82, 2.24) is 14.8 Å². The molecule has 2 aromatic heterocycles. The van der Waals surface area contributed by atoms with E-state index < -0.39 is 6.04 Å². The lowest BCUT2D eigenvalue weighted by Gasteiger charge is -2.22. The number of carbonyl (C=O) groups is 2. The third-order valence-corrected chi connectivity index (χ3v) is 5.44. The Morgan fingerprint density at radius 1 is 1.07 bits per heavy atom. The number of oxazole rings is 1. The molecule has 2 aliphatic heterocycles. The zero-order valence-corrected chi connectivity index (χ0v) is 15.2. The van der Waals surface area contributed by atoms with Gasteiger partial charge in [-0.25, -0.2) is 4.98 Å². The predicted octanol–water partition coefficient (Wildman–Crippen LogP) is 3.25. The maximum absolute atomic E-state index is 13.0. The first-order valence-corrected chi connectivity index (χ1v) is 9.37. The maximum Gasteiger partial charge on any atom is 0.290 e. The zero-order chi connectivity index (χ0) is 19.1. The zero-order valence-electron chi connectivity index (χ0n) is 15.2. The molecule has 1 atom stereocenters. The van der Waals surface area contributed by atoms with E-state index in [0.29, 0.717) is 17.9 Å². The maximum atomic E-state index is 13.0. The molecule has 0 N–H and O–H groups in total. The highest BCUT2D eigenvalue weighted by Crippen LogP contribution is 2.40. The van der Waals surface area contributed by atoms with Crippen molar-refractivity contribution in [2.45, 2.75) is 25.4 Å². The molecule has 0 bridgehead atoms. The van der Waals surface area contributed by atoms with Crippen LogP contribution >= 0.6 is 0 Å². The van der Waals surface area contributed by atoms with E-state index in [9.17, 15) is 9.59 Å². The second kappa shape index (κ2) is 6.67. The van der Waals surface area contributed by atoms with Gasteiger partial charge in [0.05, 0.1) is 12.5 Å². The summed E-state index contributed by atoms with van der Waals surface area (Å²) in [5, 5.41) is 0. The Labute approximate surface area is 161 Å². The van der Waals surface area contributed by atoms with Crippen LogP contribution in [0.5, 0.6) is 0 Å². The number of rotatable bonds is 3. The number of fused-ring (bicyclic) bond motifs is 1. The molecule has 1 unspecified atom stereocenters. The van der Waals surface area contributed by atoms with Crippen LogP contribution in [0.15, 0.2) is 58.0 Å². The number of nitrogens with zero attached hydrogens (tertiary/aromatic N) is 3. The quantitative estimate of drug-likeness (QED) is 0.700. The largest absolute Gasteiger partial charge is 0.459 e. The predicted molar refractivity (Wildman–Crippen MR) is 98.5 cm³/mol. The van der Waals surface area contributed by atoms with E-state index in [-0.39, 0.29) is 17.6 Å². The summed E-state index contributed by atoms with van der Waals surface area (Å²) in [5.41, 5.74) is 2.53. The standard InChI is InChI=1S/C21H19N3O4/c25-20(23-7-1-2-8-23)14-5-6-16-15(10-14)12-24(19(16)18-11-22-13-28-18)21(26)17-4-3-9-27-17/h3-6,9-11,13,19H,1-2,7-8,12H2. The van der Waals surface area contributed by atoms with Crippen LogP contribution in [-0.4, -0.2) is 39.7 Å². The summed E-state index contributed by atoms with van der Waals surface area (Å²) in [6.07, 6.45) is 6.55. The highest BCUT2D eigenvalue weighted by molar-refractivity contribution is 5.95. The Kier molecular flexibility index (Phi) is 4.00. The normalized spacial score (nSPS) is 18.5. The molecule has 1 aromatic carbocycles. The number of amides is 2. The first kappa shape index (κ1) is 16.8. The second-order valence-electron chi connectivity index (χ2n) is 7.13. The lowest BCUT2D eigenvalue weighted by atomic mass is 10.00. The summed E-state index contributed by atoms with van der Waals surface area (Å²) in [4.78, 5) is 33.3. The van der Waals surface area contributed by atoms with E-state index in [2.05, 4.69) is 4.98 Å². The Morgan fingerprint density at radius 2 is 1.93 bits per heavy atom. The Hall–Kier alpha value is -3.35. The number of benzene rings is 1. The summed E-state index contributed by atoms with van der Waals surface area (Å²) in [7, 11) is 0. The van der Waals surface area contributed by atoms with Crippen molar-refractivity contribution in [1.29, 1.82) is 0 Å². The van der Waals surface area contributed by atoms with Gasteiger partial charge < -0.3 is 18.6 Å². The minimum absolute atomic E-state index is 0.0485. The summed E-state index contributed by atoms with van der Waals surface area (Å²) in [6, 6.07) is 8.59. The number of hydrogen-bond acceptors (Lipinski definition) is 5. The third kappa shape index (κ3) is 2.70. The molecule has 3 aromatic rings. The van der Waals surface area contributed by atoms with Crippen LogP contribution in [0.25, 0.3) is 0 Å². The van der Waals surface area contributed by atoms with E-state index in [1.807, 2.05) is 23.1 Å². The average Bonchev–Trinajstić information content (AvgIpc) is 3.51. The van der Waals surface area contributed by atoms with Gasteiger partial charge in [0.2, 0.25) is 0 Å². The molecule has 0 spiro atoms. The number of furan rings is 1. The molecule has 7 heteroatoms. The van der Waals surface area contributed by atoms with Crippen molar-refractivity contribution in [2.75, 3.05) is 13.1 Å². The average molecular weight is 377 g/mol. The molecule has 142 valence electrons. The van der Waals surface area contributed by atoms with Gasteiger partial charge in [-0.3, -0.25) is 9.59 Å². The number of likely N-dealkylation sites (tertiary alicyclic amines) is 1. The highest BCUT2D eigenvalue weighted by Gasteiger charge is 2.38. The van der Waals surface area contributed by atoms with Crippen LogP contribution in [0, 0.1) is 0 Å². The fraction of sp³-hybridized carbons (Fsp3) is 0.286. The van der Waals surface area contributed by atoms with Gasteiger partial charge in [0.15, 0.2) is 17.9 Å². The van der Waals surface area contributed by atoms with Crippen LogP contribution < -0.4 is 0 Å². The van der Waals surface area contributed by atoms with Crippen molar-refractivity contribution < 1.29 is 18.4 Å². The summed E-state index contributed by atoms with van der Waals surface area (Å²) >= 11 is 0. The van der Waals surface area contributed by atoms with Gasteiger partial charge in [0, 0.05) is 25.2 Å². The monoisotopic (exact) mass is 377 g/mol. The van der Waals surface area contributed by atoms with Crippen molar-refractivity contribution >= 4 is 11.8 Å². The summed E-state index contributed by atoms with van der Waals surface area (Å²) in [6.45, 7) is 1.99. The van der Waals surface area contributed by atoms with E-state index in [1.165, 1.54) is 12.7 Å². The van der Waals surface area contributed by atoms with Crippen LogP contribution in [0.2, 0.25) is 0 Å². The van der Waals surface area contributed by atoms with Gasteiger partial charge in [-0.05, 0) is 48.2 Å². The Balaban J connectivity index is 1.51. The fourth-order valence-corrected chi connectivity index (χ4v) is 4.09.